The minimum Gasteiger partial charge on any atom is -0.481 e. The average molecular weight is 177 g/mol. The smallest absolute Gasteiger partial charge is 0.312 e. The van der Waals surface area contributed by atoms with Gasteiger partial charge in [0, 0.05) is 5.92 Å². The predicted octanol–water partition coefficient (Wildman–Crippen LogP) is 1.04. The van der Waals surface area contributed by atoms with Crippen LogP contribution < -0.4 is 0 Å². The first-order chi connectivity index (χ1) is 5.54. The summed E-state index contributed by atoms with van der Waals surface area (Å²) in [5, 5.41) is 8.63. The van der Waals surface area contributed by atoms with Gasteiger partial charge in [-0.25, -0.2) is 8.78 Å². The Morgan fingerprint density at radius 3 is 2.67 bits per heavy atom. The molecule has 0 aromatic rings. The largest absolute Gasteiger partial charge is 0.481 e. The quantitative estimate of drug-likeness (QED) is 0.652. The van der Waals surface area contributed by atoms with E-state index in [2.05, 4.69) is 11.7 Å². The second-order valence-electron chi connectivity index (χ2n) is 2.99. The van der Waals surface area contributed by atoms with Crippen molar-refractivity contribution in [2.45, 2.75) is 12.8 Å². The van der Waals surface area contributed by atoms with Gasteiger partial charge in [0.15, 0.2) is 0 Å². The van der Waals surface area contributed by atoms with Crippen LogP contribution in [0.4, 0.5) is 8.78 Å². The standard InChI is InChI=1S/C7H9F2NO2/c1-10-3-7(6(11)12)2-4(7)5(8)9/h4-5H,1-3H2,(H,11,12)/t4-,7-/m0/s1. The number of rotatable bonds is 4. The molecule has 5 heteroatoms. The zero-order chi connectivity index (χ0) is 9.35. The number of alkyl halides is 2. The van der Waals surface area contributed by atoms with Gasteiger partial charge in [-0.2, -0.15) is 0 Å². The third-order valence-corrected chi connectivity index (χ3v) is 2.26. The van der Waals surface area contributed by atoms with E-state index < -0.39 is 23.7 Å². The van der Waals surface area contributed by atoms with Crippen LogP contribution in [-0.2, 0) is 4.79 Å². The Bertz CT molecular complexity index is 219. The average Bonchev–Trinajstić information content (AvgIpc) is 2.65. The van der Waals surface area contributed by atoms with E-state index in [0.29, 0.717) is 0 Å². The molecule has 0 aliphatic heterocycles. The molecule has 68 valence electrons. The Kier molecular flexibility index (Phi) is 2.12. The zero-order valence-corrected chi connectivity index (χ0v) is 6.33. The Morgan fingerprint density at radius 1 is 1.83 bits per heavy atom. The number of nitrogens with zero attached hydrogens (tertiary/aromatic N) is 1. The Labute approximate surface area is 68.1 Å². The molecule has 0 unspecified atom stereocenters. The van der Waals surface area contributed by atoms with Gasteiger partial charge >= 0.3 is 5.97 Å². The highest BCUT2D eigenvalue weighted by Crippen LogP contribution is 2.56. The summed E-state index contributed by atoms with van der Waals surface area (Å²) < 4.78 is 24.1. The lowest BCUT2D eigenvalue weighted by Gasteiger charge is -2.07. The Hall–Kier alpha value is -1.00. The van der Waals surface area contributed by atoms with Crippen molar-refractivity contribution in [3.05, 3.63) is 0 Å². The van der Waals surface area contributed by atoms with E-state index >= 15 is 0 Å². The second-order valence-corrected chi connectivity index (χ2v) is 2.99. The highest BCUT2D eigenvalue weighted by molar-refractivity contribution is 5.79. The summed E-state index contributed by atoms with van der Waals surface area (Å²) in [6.45, 7) is 2.99. The zero-order valence-electron chi connectivity index (χ0n) is 6.33. The van der Waals surface area contributed by atoms with Gasteiger partial charge in [0.2, 0.25) is 6.43 Å². The third-order valence-electron chi connectivity index (χ3n) is 2.26. The van der Waals surface area contributed by atoms with Crippen LogP contribution >= 0.6 is 0 Å². The maximum absolute atomic E-state index is 12.1. The van der Waals surface area contributed by atoms with Crippen LogP contribution in [0, 0.1) is 11.3 Å². The van der Waals surface area contributed by atoms with Gasteiger partial charge in [-0.3, -0.25) is 9.79 Å². The van der Waals surface area contributed by atoms with Crippen molar-refractivity contribution in [2.75, 3.05) is 6.54 Å². The molecule has 12 heavy (non-hydrogen) atoms. The number of aliphatic imine (C=N–C) groups is 1. The fourth-order valence-corrected chi connectivity index (χ4v) is 1.36. The van der Waals surface area contributed by atoms with Crippen molar-refractivity contribution in [3.63, 3.8) is 0 Å². The molecule has 1 saturated carbocycles. The number of halogens is 2. The van der Waals surface area contributed by atoms with Crippen molar-refractivity contribution >= 4 is 12.7 Å². The number of hydrogen-bond donors (Lipinski definition) is 1. The molecule has 1 aliphatic rings. The summed E-state index contributed by atoms with van der Waals surface area (Å²) in [7, 11) is 0. The molecule has 0 amide bonds. The number of aliphatic carboxylic acids is 1. The maximum Gasteiger partial charge on any atom is 0.312 e. The van der Waals surface area contributed by atoms with E-state index in [1.54, 1.807) is 0 Å². The minimum atomic E-state index is -2.57. The van der Waals surface area contributed by atoms with Crippen molar-refractivity contribution in [3.8, 4) is 0 Å². The Morgan fingerprint density at radius 2 is 2.42 bits per heavy atom. The van der Waals surface area contributed by atoms with Crippen LogP contribution in [0.2, 0.25) is 0 Å². The lowest BCUT2D eigenvalue weighted by molar-refractivity contribution is -0.144. The first-order valence-corrected chi connectivity index (χ1v) is 3.48. The first-order valence-electron chi connectivity index (χ1n) is 3.48. The van der Waals surface area contributed by atoms with Crippen molar-refractivity contribution in [2.24, 2.45) is 16.3 Å². The lowest BCUT2D eigenvalue weighted by Crippen LogP contribution is -2.23. The molecule has 1 fully saturated rings. The molecule has 3 nitrogen and oxygen atoms in total. The van der Waals surface area contributed by atoms with Gasteiger partial charge < -0.3 is 5.11 Å². The molecule has 0 aromatic carbocycles. The third kappa shape index (κ3) is 1.19. The molecular formula is C7H9F2NO2. The van der Waals surface area contributed by atoms with E-state index in [1.807, 2.05) is 0 Å². The van der Waals surface area contributed by atoms with Gasteiger partial charge in [0.05, 0.1) is 12.0 Å². The van der Waals surface area contributed by atoms with Crippen LogP contribution in [0.3, 0.4) is 0 Å². The fraction of sp³-hybridized carbons (Fsp3) is 0.714. The highest BCUT2D eigenvalue weighted by Gasteiger charge is 2.64. The van der Waals surface area contributed by atoms with Crippen molar-refractivity contribution < 1.29 is 18.7 Å². The van der Waals surface area contributed by atoms with Crippen molar-refractivity contribution in [1.82, 2.24) is 0 Å². The van der Waals surface area contributed by atoms with Gasteiger partial charge in [0.1, 0.15) is 0 Å². The summed E-state index contributed by atoms with van der Waals surface area (Å²) in [6, 6.07) is 0. The monoisotopic (exact) mass is 177 g/mol. The molecule has 1 aliphatic carbocycles. The number of carboxylic acid groups (broad SMARTS) is 1. The predicted molar refractivity (Wildman–Crippen MR) is 38.6 cm³/mol. The fourth-order valence-electron chi connectivity index (χ4n) is 1.36. The van der Waals surface area contributed by atoms with Crippen LogP contribution in [0.25, 0.3) is 0 Å². The van der Waals surface area contributed by atoms with Gasteiger partial charge in [-0.05, 0) is 13.1 Å². The van der Waals surface area contributed by atoms with Crippen LogP contribution in [0.5, 0.6) is 0 Å². The van der Waals surface area contributed by atoms with E-state index in [0.717, 1.165) is 0 Å². The van der Waals surface area contributed by atoms with E-state index in [4.69, 9.17) is 5.11 Å². The molecule has 0 heterocycles. The molecule has 0 saturated heterocycles. The summed E-state index contributed by atoms with van der Waals surface area (Å²) >= 11 is 0. The Balaban J connectivity index is 2.68. The maximum atomic E-state index is 12.1. The number of hydrogen-bond acceptors (Lipinski definition) is 2. The van der Waals surface area contributed by atoms with Gasteiger partial charge in [0.25, 0.3) is 0 Å². The number of carbonyl (C=O) groups is 1. The van der Waals surface area contributed by atoms with Crippen LogP contribution in [0.1, 0.15) is 6.42 Å². The van der Waals surface area contributed by atoms with Crippen LogP contribution in [-0.4, -0.2) is 30.8 Å². The normalized spacial score (nSPS) is 33.4. The van der Waals surface area contributed by atoms with Gasteiger partial charge in [-0.1, -0.05) is 0 Å². The second kappa shape index (κ2) is 2.80. The van der Waals surface area contributed by atoms with Crippen molar-refractivity contribution in [1.29, 1.82) is 0 Å². The van der Waals surface area contributed by atoms with E-state index in [-0.39, 0.29) is 13.0 Å². The lowest BCUT2D eigenvalue weighted by atomic mass is 10.1. The molecule has 0 bridgehead atoms. The highest BCUT2D eigenvalue weighted by atomic mass is 19.3. The topological polar surface area (TPSA) is 49.7 Å². The molecular weight excluding hydrogens is 168 g/mol. The summed E-state index contributed by atoms with van der Waals surface area (Å²) in [4.78, 5) is 13.9. The summed E-state index contributed by atoms with van der Waals surface area (Å²) in [5.74, 6) is -2.24. The van der Waals surface area contributed by atoms with E-state index in [1.165, 1.54) is 0 Å². The summed E-state index contributed by atoms with van der Waals surface area (Å²) in [5.41, 5.74) is -1.32. The summed E-state index contributed by atoms with van der Waals surface area (Å²) in [6.07, 6.45) is -2.55. The van der Waals surface area contributed by atoms with Crippen LogP contribution in [0.15, 0.2) is 4.99 Å². The number of carboxylic acids is 1. The molecule has 0 radical (unpaired) electrons. The first kappa shape index (κ1) is 9.09. The SMILES string of the molecule is C=NC[C@@]1(C(=O)O)C[C@H]1C(F)F. The molecule has 0 aromatic heterocycles. The van der Waals surface area contributed by atoms with E-state index in [9.17, 15) is 13.6 Å². The van der Waals surface area contributed by atoms with Gasteiger partial charge in [-0.15, -0.1) is 0 Å². The molecule has 0 spiro atoms. The molecule has 1 rings (SSSR count). The minimum absolute atomic E-state index is 0.0129. The molecule has 1 N–H and O–H groups in total. The molecule has 2 atom stereocenters.